The Morgan fingerprint density at radius 3 is 2.76 bits per heavy atom. The standard InChI is InChI=1S/C16H19N3O2/c1-10-5-4-6-13(7-10)15(20)9-18-16(21)14-8-17-12(3)19-11(14)2/h4-8,15,20H,9H2,1-3H3,(H,18,21). The van der Waals surface area contributed by atoms with Gasteiger partial charge >= 0.3 is 0 Å². The molecule has 5 heteroatoms. The summed E-state index contributed by atoms with van der Waals surface area (Å²) in [5.41, 5.74) is 2.91. The van der Waals surface area contributed by atoms with Crippen LogP contribution in [0.1, 0.15) is 39.1 Å². The zero-order chi connectivity index (χ0) is 15.4. The van der Waals surface area contributed by atoms with Crippen molar-refractivity contribution in [1.29, 1.82) is 0 Å². The number of aliphatic hydroxyl groups is 1. The van der Waals surface area contributed by atoms with E-state index in [2.05, 4.69) is 15.3 Å². The molecule has 0 radical (unpaired) electrons. The van der Waals surface area contributed by atoms with E-state index in [1.807, 2.05) is 31.2 Å². The maximum absolute atomic E-state index is 12.1. The van der Waals surface area contributed by atoms with Gasteiger partial charge in [0.25, 0.3) is 5.91 Å². The van der Waals surface area contributed by atoms with Crippen LogP contribution in [0.3, 0.4) is 0 Å². The van der Waals surface area contributed by atoms with E-state index in [4.69, 9.17) is 0 Å². The number of hydrogen-bond donors (Lipinski definition) is 2. The van der Waals surface area contributed by atoms with Crippen molar-refractivity contribution < 1.29 is 9.90 Å². The number of benzene rings is 1. The highest BCUT2D eigenvalue weighted by Gasteiger charge is 2.13. The van der Waals surface area contributed by atoms with Gasteiger partial charge < -0.3 is 10.4 Å². The number of aryl methyl sites for hydroxylation is 3. The highest BCUT2D eigenvalue weighted by Crippen LogP contribution is 2.13. The van der Waals surface area contributed by atoms with E-state index in [1.165, 1.54) is 6.20 Å². The number of aliphatic hydroxyl groups excluding tert-OH is 1. The molecule has 2 rings (SSSR count). The molecule has 0 bridgehead atoms. The van der Waals surface area contributed by atoms with Crippen molar-refractivity contribution in [3.8, 4) is 0 Å². The molecule has 2 N–H and O–H groups in total. The summed E-state index contributed by atoms with van der Waals surface area (Å²) < 4.78 is 0. The topological polar surface area (TPSA) is 75.1 Å². The maximum Gasteiger partial charge on any atom is 0.254 e. The largest absolute Gasteiger partial charge is 0.387 e. The van der Waals surface area contributed by atoms with Crippen LogP contribution in [0.2, 0.25) is 0 Å². The summed E-state index contributed by atoms with van der Waals surface area (Å²) in [6.07, 6.45) is 0.770. The van der Waals surface area contributed by atoms with E-state index >= 15 is 0 Å². The number of hydrogen-bond acceptors (Lipinski definition) is 4. The lowest BCUT2D eigenvalue weighted by molar-refractivity contribution is 0.0915. The van der Waals surface area contributed by atoms with E-state index in [0.717, 1.165) is 11.1 Å². The number of aromatic nitrogens is 2. The maximum atomic E-state index is 12.1. The number of amides is 1. The molecule has 0 aliphatic rings. The summed E-state index contributed by atoms with van der Waals surface area (Å²) in [6, 6.07) is 7.58. The molecule has 1 heterocycles. The monoisotopic (exact) mass is 285 g/mol. The van der Waals surface area contributed by atoms with Gasteiger partial charge in [0, 0.05) is 12.7 Å². The summed E-state index contributed by atoms with van der Waals surface area (Å²) in [5.74, 6) is 0.350. The van der Waals surface area contributed by atoms with Gasteiger partial charge in [-0.1, -0.05) is 29.8 Å². The fourth-order valence-corrected chi connectivity index (χ4v) is 2.09. The summed E-state index contributed by atoms with van der Waals surface area (Å²) >= 11 is 0. The molecule has 5 nitrogen and oxygen atoms in total. The van der Waals surface area contributed by atoms with Gasteiger partial charge in [0.2, 0.25) is 0 Å². The highest BCUT2D eigenvalue weighted by molar-refractivity contribution is 5.94. The highest BCUT2D eigenvalue weighted by atomic mass is 16.3. The van der Waals surface area contributed by atoms with Crippen LogP contribution in [0.4, 0.5) is 0 Å². The first-order valence-corrected chi connectivity index (χ1v) is 6.80. The average Bonchev–Trinajstić information content (AvgIpc) is 2.44. The fraction of sp³-hybridized carbons (Fsp3) is 0.312. The lowest BCUT2D eigenvalue weighted by atomic mass is 10.1. The van der Waals surface area contributed by atoms with Gasteiger partial charge in [0.15, 0.2) is 0 Å². The van der Waals surface area contributed by atoms with Gasteiger partial charge in [0.05, 0.1) is 17.4 Å². The number of nitrogens with zero attached hydrogens (tertiary/aromatic N) is 2. The van der Waals surface area contributed by atoms with Crippen molar-refractivity contribution in [2.24, 2.45) is 0 Å². The van der Waals surface area contributed by atoms with E-state index in [9.17, 15) is 9.90 Å². The Bertz CT molecular complexity index is 656. The number of nitrogens with one attached hydrogen (secondary N) is 1. The molecule has 0 saturated carbocycles. The van der Waals surface area contributed by atoms with Gasteiger partial charge in [-0.25, -0.2) is 9.97 Å². The average molecular weight is 285 g/mol. The molecule has 1 unspecified atom stereocenters. The van der Waals surface area contributed by atoms with Crippen molar-refractivity contribution in [2.45, 2.75) is 26.9 Å². The van der Waals surface area contributed by atoms with Gasteiger partial charge in [-0.3, -0.25) is 4.79 Å². The summed E-state index contributed by atoms with van der Waals surface area (Å²) in [7, 11) is 0. The molecular formula is C16H19N3O2. The van der Waals surface area contributed by atoms with Crippen LogP contribution in [-0.4, -0.2) is 27.5 Å². The van der Waals surface area contributed by atoms with Crippen molar-refractivity contribution in [2.75, 3.05) is 6.54 Å². The lowest BCUT2D eigenvalue weighted by Gasteiger charge is -2.13. The molecular weight excluding hydrogens is 266 g/mol. The zero-order valence-corrected chi connectivity index (χ0v) is 12.4. The first-order valence-electron chi connectivity index (χ1n) is 6.80. The molecule has 0 aliphatic heterocycles. The molecule has 0 fully saturated rings. The van der Waals surface area contributed by atoms with Crippen LogP contribution in [0.15, 0.2) is 30.5 Å². The molecule has 21 heavy (non-hydrogen) atoms. The molecule has 0 aliphatic carbocycles. The Labute approximate surface area is 124 Å². The van der Waals surface area contributed by atoms with Crippen LogP contribution in [0.25, 0.3) is 0 Å². The first-order chi connectivity index (χ1) is 9.97. The first kappa shape index (κ1) is 15.1. The van der Waals surface area contributed by atoms with E-state index < -0.39 is 6.10 Å². The normalized spacial score (nSPS) is 12.0. The minimum Gasteiger partial charge on any atom is -0.387 e. The number of carbonyl (C=O) groups excluding carboxylic acids is 1. The van der Waals surface area contributed by atoms with Crippen molar-refractivity contribution >= 4 is 5.91 Å². The molecule has 2 aromatic rings. The Kier molecular flexibility index (Phi) is 4.65. The van der Waals surface area contributed by atoms with Crippen LogP contribution in [-0.2, 0) is 0 Å². The second kappa shape index (κ2) is 6.45. The smallest absolute Gasteiger partial charge is 0.254 e. The number of rotatable bonds is 4. The second-order valence-electron chi connectivity index (χ2n) is 5.06. The Balaban J connectivity index is 2.00. The second-order valence-corrected chi connectivity index (χ2v) is 5.06. The van der Waals surface area contributed by atoms with Crippen LogP contribution in [0.5, 0.6) is 0 Å². The molecule has 1 amide bonds. The van der Waals surface area contributed by atoms with Crippen molar-refractivity contribution in [3.05, 3.63) is 58.7 Å². The third-order valence-corrected chi connectivity index (χ3v) is 3.23. The Hall–Kier alpha value is -2.27. The molecule has 0 spiro atoms. The zero-order valence-electron chi connectivity index (χ0n) is 12.4. The Morgan fingerprint density at radius 1 is 1.33 bits per heavy atom. The molecule has 110 valence electrons. The molecule has 1 aromatic heterocycles. The van der Waals surface area contributed by atoms with Gasteiger partial charge in [-0.2, -0.15) is 0 Å². The van der Waals surface area contributed by atoms with Crippen LogP contribution >= 0.6 is 0 Å². The van der Waals surface area contributed by atoms with E-state index in [1.54, 1.807) is 13.8 Å². The quantitative estimate of drug-likeness (QED) is 0.899. The van der Waals surface area contributed by atoms with Crippen molar-refractivity contribution in [1.82, 2.24) is 15.3 Å². The summed E-state index contributed by atoms with van der Waals surface area (Å²) in [6.45, 7) is 5.65. The minimum absolute atomic E-state index is 0.148. The molecule has 0 saturated heterocycles. The third-order valence-electron chi connectivity index (χ3n) is 3.23. The van der Waals surface area contributed by atoms with Gasteiger partial charge in [0.1, 0.15) is 5.82 Å². The summed E-state index contributed by atoms with van der Waals surface area (Å²) in [4.78, 5) is 20.3. The summed E-state index contributed by atoms with van der Waals surface area (Å²) in [5, 5.41) is 12.8. The predicted octanol–water partition coefficient (Wildman–Crippen LogP) is 1.87. The van der Waals surface area contributed by atoms with Crippen LogP contribution in [0, 0.1) is 20.8 Å². The molecule has 1 atom stereocenters. The third kappa shape index (κ3) is 3.86. The molecule has 1 aromatic carbocycles. The minimum atomic E-state index is -0.736. The SMILES string of the molecule is Cc1cccc(C(O)CNC(=O)c2cnc(C)nc2C)c1. The lowest BCUT2D eigenvalue weighted by Crippen LogP contribution is -2.29. The van der Waals surface area contributed by atoms with Gasteiger partial charge in [-0.05, 0) is 26.3 Å². The predicted molar refractivity (Wildman–Crippen MR) is 80.0 cm³/mol. The van der Waals surface area contributed by atoms with Gasteiger partial charge in [-0.15, -0.1) is 0 Å². The fourth-order valence-electron chi connectivity index (χ4n) is 2.09. The van der Waals surface area contributed by atoms with Crippen molar-refractivity contribution in [3.63, 3.8) is 0 Å². The van der Waals surface area contributed by atoms with E-state index in [-0.39, 0.29) is 12.5 Å². The number of carbonyl (C=O) groups is 1. The van der Waals surface area contributed by atoms with E-state index in [0.29, 0.717) is 17.1 Å². The Morgan fingerprint density at radius 2 is 2.10 bits per heavy atom. The van der Waals surface area contributed by atoms with Crippen LogP contribution < -0.4 is 5.32 Å².